The van der Waals surface area contributed by atoms with Crippen LogP contribution in [0.2, 0.25) is 0 Å². The summed E-state index contributed by atoms with van der Waals surface area (Å²) >= 11 is 0. The van der Waals surface area contributed by atoms with Crippen molar-refractivity contribution in [3.05, 3.63) is 29.3 Å². The summed E-state index contributed by atoms with van der Waals surface area (Å²) in [5.41, 5.74) is 2.18. The van der Waals surface area contributed by atoms with Crippen LogP contribution < -0.4 is 10.1 Å². The Balaban J connectivity index is 2.41. The van der Waals surface area contributed by atoms with Crippen LogP contribution in [0, 0.1) is 6.92 Å². The number of hydrogen-bond acceptors (Lipinski definition) is 4. The van der Waals surface area contributed by atoms with Crippen LogP contribution in [0.15, 0.2) is 18.2 Å². The van der Waals surface area contributed by atoms with E-state index in [4.69, 9.17) is 4.74 Å². The SMILES string of the molecule is COC(=O)CCCNC(=O)COc1cc(C)ccc1C(C)C. The molecule has 1 rings (SSSR count). The number of amides is 1. The molecule has 0 radical (unpaired) electrons. The summed E-state index contributed by atoms with van der Waals surface area (Å²) in [6.07, 6.45) is 0.854. The first kappa shape index (κ1) is 18.0. The van der Waals surface area contributed by atoms with Gasteiger partial charge in [-0.05, 0) is 36.5 Å². The van der Waals surface area contributed by atoms with Crippen molar-refractivity contribution in [2.24, 2.45) is 0 Å². The minimum atomic E-state index is -0.271. The third-order valence-electron chi connectivity index (χ3n) is 3.26. The topological polar surface area (TPSA) is 64.6 Å². The molecule has 5 heteroatoms. The van der Waals surface area contributed by atoms with Gasteiger partial charge in [0.15, 0.2) is 6.61 Å². The van der Waals surface area contributed by atoms with Gasteiger partial charge in [-0.25, -0.2) is 0 Å². The highest BCUT2D eigenvalue weighted by Crippen LogP contribution is 2.27. The van der Waals surface area contributed by atoms with Crippen molar-refractivity contribution in [3.63, 3.8) is 0 Å². The molecule has 1 aromatic rings. The van der Waals surface area contributed by atoms with Gasteiger partial charge in [0.1, 0.15) is 5.75 Å². The highest BCUT2D eigenvalue weighted by atomic mass is 16.5. The molecule has 0 saturated carbocycles. The van der Waals surface area contributed by atoms with E-state index >= 15 is 0 Å². The lowest BCUT2D eigenvalue weighted by Crippen LogP contribution is -2.30. The normalized spacial score (nSPS) is 10.4. The van der Waals surface area contributed by atoms with Gasteiger partial charge in [0.25, 0.3) is 5.91 Å². The van der Waals surface area contributed by atoms with E-state index in [1.165, 1.54) is 7.11 Å². The Morgan fingerprint density at radius 1 is 1.27 bits per heavy atom. The molecular formula is C17H25NO4. The molecule has 0 aliphatic rings. The first-order valence-corrected chi connectivity index (χ1v) is 7.51. The van der Waals surface area contributed by atoms with Crippen molar-refractivity contribution >= 4 is 11.9 Å². The highest BCUT2D eigenvalue weighted by Gasteiger charge is 2.10. The van der Waals surface area contributed by atoms with E-state index < -0.39 is 0 Å². The largest absolute Gasteiger partial charge is 0.483 e. The summed E-state index contributed by atoms with van der Waals surface area (Å²) in [5, 5.41) is 2.72. The number of methoxy groups -OCH3 is 1. The van der Waals surface area contributed by atoms with Gasteiger partial charge in [0, 0.05) is 13.0 Å². The van der Waals surface area contributed by atoms with Gasteiger partial charge in [-0.1, -0.05) is 26.0 Å². The Morgan fingerprint density at radius 2 is 2.00 bits per heavy atom. The van der Waals surface area contributed by atoms with E-state index in [1.54, 1.807) is 0 Å². The second-order valence-electron chi connectivity index (χ2n) is 5.51. The number of carbonyl (C=O) groups is 2. The van der Waals surface area contributed by atoms with Gasteiger partial charge in [-0.15, -0.1) is 0 Å². The van der Waals surface area contributed by atoms with Crippen molar-refractivity contribution in [3.8, 4) is 5.75 Å². The van der Waals surface area contributed by atoms with E-state index in [2.05, 4.69) is 23.9 Å². The van der Waals surface area contributed by atoms with Crippen LogP contribution in [-0.2, 0) is 14.3 Å². The molecule has 0 aliphatic carbocycles. The van der Waals surface area contributed by atoms with Crippen LogP contribution in [0.1, 0.15) is 43.7 Å². The number of aryl methyl sites for hydroxylation is 1. The molecule has 0 unspecified atom stereocenters. The Bertz CT molecular complexity index is 511. The van der Waals surface area contributed by atoms with Crippen LogP contribution in [0.5, 0.6) is 5.75 Å². The van der Waals surface area contributed by atoms with Crippen LogP contribution in [0.3, 0.4) is 0 Å². The number of carbonyl (C=O) groups excluding carboxylic acids is 2. The summed E-state index contributed by atoms with van der Waals surface area (Å²) in [7, 11) is 1.35. The zero-order valence-corrected chi connectivity index (χ0v) is 13.8. The maximum atomic E-state index is 11.7. The molecule has 5 nitrogen and oxygen atoms in total. The summed E-state index contributed by atoms with van der Waals surface area (Å²) in [6.45, 7) is 6.57. The van der Waals surface area contributed by atoms with Crippen molar-refractivity contribution < 1.29 is 19.1 Å². The lowest BCUT2D eigenvalue weighted by molar-refractivity contribution is -0.140. The molecule has 0 bridgehead atoms. The van der Waals surface area contributed by atoms with Crippen molar-refractivity contribution in [1.29, 1.82) is 0 Å². The summed E-state index contributed by atoms with van der Waals surface area (Å²) in [5.74, 6) is 0.617. The van der Waals surface area contributed by atoms with Gasteiger partial charge < -0.3 is 14.8 Å². The molecule has 122 valence electrons. The first-order valence-electron chi connectivity index (χ1n) is 7.51. The summed E-state index contributed by atoms with van der Waals surface area (Å²) in [6, 6.07) is 6.01. The molecule has 0 aliphatic heterocycles. The van der Waals surface area contributed by atoms with E-state index in [-0.39, 0.29) is 18.5 Å². The number of esters is 1. The fourth-order valence-corrected chi connectivity index (χ4v) is 2.00. The highest BCUT2D eigenvalue weighted by molar-refractivity contribution is 5.77. The van der Waals surface area contributed by atoms with Gasteiger partial charge in [-0.2, -0.15) is 0 Å². The van der Waals surface area contributed by atoms with E-state index in [0.29, 0.717) is 25.3 Å². The first-order chi connectivity index (χ1) is 10.4. The second kappa shape index (κ2) is 9.07. The Morgan fingerprint density at radius 3 is 2.64 bits per heavy atom. The van der Waals surface area contributed by atoms with Crippen molar-refractivity contribution in [1.82, 2.24) is 5.32 Å². The number of rotatable bonds is 8. The minimum Gasteiger partial charge on any atom is -0.483 e. The fourth-order valence-electron chi connectivity index (χ4n) is 2.00. The molecule has 0 atom stereocenters. The summed E-state index contributed by atoms with van der Waals surface area (Å²) in [4.78, 5) is 22.7. The van der Waals surface area contributed by atoms with Gasteiger partial charge >= 0.3 is 5.97 Å². The standard InChI is InChI=1S/C17H25NO4/c1-12(2)14-8-7-13(3)10-15(14)22-11-16(19)18-9-5-6-17(20)21-4/h7-8,10,12H,5-6,9,11H2,1-4H3,(H,18,19). The van der Waals surface area contributed by atoms with E-state index in [0.717, 1.165) is 16.9 Å². The summed E-state index contributed by atoms with van der Waals surface area (Å²) < 4.78 is 10.2. The lowest BCUT2D eigenvalue weighted by Gasteiger charge is -2.14. The number of hydrogen-bond donors (Lipinski definition) is 1. The molecule has 0 fully saturated rings. The molecule has 1 N–H and O–H groups in total. The Hall–Kier alpha value is -2.04. The van der Waals surface area contributed by atoms with Crippen molar-refractivity contribution in [2.75, 3.05) is 20.3 Å². The maximum Gasteiger partial charge on any atom is 0.305 e. The van der Waals surface area contributed by atoms with E-state index in [9.17, 15) is 9.59 Å². The third kappa shape index (κ3) is 6.16. The predicted octanol–water partition coefficient (Wildman–Crippen LogP) is 2.57. The molecule has 0 heterocycles. The molecule has 1 aromatic carbocycles. The number of ether oxygens (including phenoxy) is 2. The molecule has 0 spiro atoms. The predicted molar refractivity (Wildman–Crippen MR) is 85.0 cm³/mol. The number of nitrogens with one attached hydrogen (secondary N) is 1. The number of benzene rings is 1. The van der Waals surface area contributed by atoms with Gasteiger partial charge in [0.05, 0.1) is 7.11 Å². The average molecular weight is 307 g/mol. The van der Waals surface area contributed by atoms with Gasteiger partial charge in [0.2, 0.25) is 0 Å². The molecule has 0 saturated heterocycles. The Labute approximate surface area is 132 Å². The van der Waals surface area contributed by atoms with Gasteiger partial charge in [-0.3, -0.25) is 9.59 Å². The van der Waals surface area contributed by atoms with Crippen molar-refractivity contribution in [2.45, 2.75) is 39.5 Å². The smallest absolute Gasteiger partial charge is 0.305 e. The van der Waals surface area contributed by atoms with Crippen LogP contribution >= 0.6 is 0 Å². The van der Waals surface area contributed by atoms with Crippen LogP contribution in [0.4, 0.5) is 0 Å². The average Bonchev–Trinajstić information content (AvgIpc) is 2.48. The molecular weight excluding hydrogens is 282 g/mol. The van der Waals surface area contributed by atoms with E-state index in [1.807, 2.05) is 25.1 Å². The molecule has 1 amide bonds. The monoisotopic (exact) mass is 307 g/mol. The zero-order chi connectivity index (χ0) is 16.5. The van der Waals surface area contributed by atoms with Crippen LogP contribution in [-0.4, -0.2) is 32.1 Å². The third-order valence-corrected chi connectivity index (χ3v) is 3.26. The maximum absolute atomic E-state index is 11.7. The second-order valence-corrected chi connectivity index (χ2v) is 5.51. The van der Waals surface area contributed by atoms with Crippen LogP contribution in [0.25, 0.3) is 0 Å². The molecule has 22 heavy (non-hydrogen) atoms. The Kier molecular flexibility index (Phi) is 7.43. The lowest BCUT2D eigenvalue weighted by atomic mass is 10.0. The molecule has 0 aromatic heterocycles. The zero-order valence-electron chi connectivity index (χ0n) is 13.8. The minimum absolute atomic E-state index is 0.0264. The fraction of sp³-hybridized carbons (Fsp3) is 0.529. The quantitative estimate of drug-likeness (QED) is 0.592.